The van der Waals surface area contributed by atoms with Gasteiger partial charge >= 0.3 is 0 Å². The molecule has 0 aromatic carbocycles. The summed E-state index contributed by atoms with van der Waals surface area (Å²) in [7, 11) is -3.25. The Kier molecular flexibility index (Phi) is 4.77. The van der Waals surface area contributed by atoms with E-state index in [2.05, 4.69) is 25.6 Å². The van der Waals surface area contributed by atoms with Gasteiger partial charge < -0.3 is 4.90 Å². The topological polar surface area (TPSA) is 79.4 Å². The monoisotopic (exact) mass is 361 g/mol. The van der Waals surface area contributed by atoms with Crippen LogP contribution in [-0.4, -0.2) is 49.6 Å². The highest BCUT2D eigenvalue weighted by atomic mass is 79.9. The van der Waals surface area contributed by atoms with Gasteiger partial charge in [0.2, 0.25) is 10.0 Å². The lowest BCUT2D eigenvalue weighted by molar-refractivity contribution is 0.0697. The lowest BCUT2D eigenvalue weighted by atomic mass is 10.1. The summed E-state index contributed by atoms with van der Waals surface area (Å²) in [4.78, 5) is 18.0. The Morgan fingerprint density at radius 1 is 1.50 bits per heavy atom. The van der Waals surface area contributed by atoms with Crippen LogP contribution in [0.2, 0.25) is 0 Å². The Bertz CT molecular complexity index is 588. The molecule has 1 aliphatic rings. The molecule has 2 rings (SSSR count). The van der Waals surface area contributed by atoms with Gasteiger partial charge in [0, 0.05) is 29.8 Å². The summed E-state index contributed by atoms with van der Waals surface area (Å²) >= 11 is 3.27. The molecule has 0 aliphatic carbocycles. The number of hydrogen-bond acceptors (Lipinski definition) is 4. The summed E-state index contributed by atoms with van der Waals surface area (Å²) in [5, 5.41) is 0. The molecular formula is C12H16BrN3O3S. The molecule has 6 nitrogen and oxygen atoms in total. The number of rotatable bonds is 3. The first-order chi connectivity index (χ1) is 9.35. The zero-order chi connectivity index (χ0) is 14.8. The van der Waals surface area contributed by atoms with Crippen molar-refractivity contribution in [3.8, 4) is 0 Å². The first-order valence-electron chi connectivity index (χ1n) is 6.23. The second kappa shape index (κ2) is 6.19. The van der Waals surface area contributed by atoms with Crippen LogP contribution in [0.3, 0.4) is 0 Å². The summed E-state index contributed by atoms with van der Waals surface area (Å²) in [6.07, 6.45) is 4.22. The van der Waals surface area contributed by atoms with Gasteiger partial charge in [-0.1, -0.05) is 0 Å². The second-order valence-electron chi connectivity index (χ2n) is 4.84. The van der Waals surface area contributed by atoms with Crippen LogP contribution in [0.1, 0.15) is 23.3 Å². The molecule has 1 amide bonds. The molecule has 110 valence electrons. The number of hydrogen-bond donors (Lipinski definition) is 1. The van der Waals surface area contributed by atoms with Gasteiger partial charge in [0.25, 0.3) is 5.91 Å². The van der Waals surface area contributed by atoms with E-state index in [1.807, 2.05) is 0 Å². The normalized spacial score (nSPS) is 19.9. The minimum Gasteiger partial charge on any atom is -0.336 e. The number of amides is 1. The average molecular weight is 362 g/mol. The van der Waals surface area contributed by atoms with Crippen LogP contribution in [0, 0.1) is 0 Å². The fraction of sp³-hybridized carbons (Fsp3) is 0.500. The smallest absolute Gasteiger partial charge is 0.272 e. The van der Waals surface area contributed by atoms with Gasteiger partial charge in [-0.3, -0.25) is 4.79 Å². The van der Waals surface area contributed by atoms with E-state index in [0.29, 0.717) is 18.8 Å². The number of nitrogens with one attached hydrogen (secondary N) is 1. The van der Waals surface area contributed by atoms with Crippen LogP contribution in [0.15, 0.2) is 22.8 Å². The number of carbonyl (C=O) groups is 1. The number of nitrogens with zero attached hydrogens (tertiary/aromatic N) is 2. The molecular weight excluding hydrogens is 346 g/mol. The molecule has 1 atom stereocenters. The number of sulfonamides is 1. The predicted octanol–water partition coefficient (Wildman–Crippen LogP) is 0.998. The molecule has 0 spiro atoms. The highest BCUT2D eigenvalue weighted by molar-refractivity contribution is 9.10. The summed E-state index contributed by atoms with van der Waals surface area (Å²) in [5.41, 5.74) is 0.369. The Labute approximate surface area is 126 Å². The van der Waals surface area contributed by atoms with E-state index < -0.39 is 10.0 Å². The summed E-state index contributed by atoms with van der Waals surface area (Å²) in [6, 6.07) is 3.19. The SMILES string of the molecule is CS(=O)(=O)NC1CCCN(C(=O)c2ccc(Br)cn2)C1. The van der Waals surface area contributed by atoms with Crippen LogP contribution in [0.4, 0.5) is 0 Å². The first-order valence-corrected chi connectivity index (χ1v) is 8.92. The number of piperidine rings is 1. The van der Waals surface area contributed by atoms with Crippen molar-refractivity contribution in [2.75, 3.05) is 19.3 Å². The van der Waals surface area contributed by atoms with E-state index in [1.165, 1.54) is 0 Å². The largest absolute Gasteiger partial charge is 0.336 e. The maximum absolute atomic E-state index is 12.3. The van der Waals surface area contributed by atoms with Gasteiger partial charge in [0.1, 0.15) is 5.69 Å². The van der Waals surface area contributed by atoms with E-state index in [4.69, 9.17) is 0 Å². The van der Waals surface area contributed by atoms with Gasteiger partial charge in [-0.25, -0.2) is 18.1 Å². The Morgan fingerprint density at radius 3 is 2.85 bits per heavy atom. The van der Waals surface area contributed by atoms with E-state index in [9.17, 15) is 13.2 Å². The van der Waals surface area contributed by atoms with Crippen LogP contribution >= 0.6 is 15.9 Å². The van der Waals surface area contributed by atoms with E-state index in [1.54, 1.807) is 23.2 Å². The van der Waals surface area contributed by atoms with E-state index in [0.717, 1.165) is 23.6 Å². The average Bonchev–Trinajstić information content (AvgIpc) is 2.37. The fourth-order valence-electron chi connectivity index (χ4n) is 2.22. The molecule has 8 heteroatoms. The minimum atomic E-state index is -3.25. The molecule has 1 saturated heterocycles. The molecule has 2 heterocycles. The molecule has 1 aromatic rings. The number of aromatic nitrogens is 1. The van der Waals surface area contributed by atoms with Gasteiger partial charge in [0.15, 0.2) is 0 Å². The molecule has 0 bridgehead atoms. The van der Waals surface area contributed by atoms with Crippen molar-refractivity contribution in [1.29, 1.82) is 0 Å². The molecule has 1 aliphatic heterocycles. The second-order valence-corrected chi connectivity index (χ2v) is 7.54. The number of pyridine rings is 1. The van der Waals surface area contributed by atoms with Crippen molar-refractivity contribution >= 4 is 31.9 Å². The van der Waals surface area contributed by atoms with Crippen LogP contribution in [0.25, 0.3) is 0 Å². The van der Waals surface area contributed by atoms with Crippen LogP contribution < -0.4 is 4.72 Å². The Morgan fingerprint density at radius 2 is 2.25 bits per heavy atom. The van der Waals surface area contributed by atoms with Crippen molar-refractivity contribution in [2.24, 2.45) is 0 Å². The molecule has 0 radical (unpaired) electrons. The van der Waals surface area contributed by atoms with Crippen molar-refractivity contribution in [3.05, 3.63) is 28.5 Å². The van der Waals surface area contributed by atoms with Crippen LogP contribution in [0.5, 0.6) is 0 Å². The Balaban J connectivity index is 2.05. The minimum absolute atomic E-state index is 0.169. The van der Waals surface area contributed by atoms with Gasteiger partial charge in [-0.2, -0.15) is 0 Å². The van der Waals surface area contributed by atoms with Crippen LogP contribution in [-0.2, 0) is 10.0 Å². The van der Waals surface area contributed by atoms with Crippen molar-refractivity contribution < 1.29 is 13.2 Å². The first kappa shape index (κ1) is 15.4. The molecule has 20 heavy (non-hydrogen) atoms. The molecule has 1 aromatic heterocycles. The molecule has 1 N–H and O–H groups in total. The van der Waals surface area contributed by atoms with Gasteiger partial charge in [0.05, 0.1) is 6.26 Å². The van der Waals surface area contributed by atoms with E-state index >= 15 is 0 Å². The zero-order valence-electron chi connectivity index (χ0n) is 11.0. The molecule has 1 fully saturated rings. The quantitative estimate of drug-likeness (QED) is 0.870. The maximum Gasteiger partial charge on any atom is 0.272 e. The standard InChI is InChI=1S/C12H16BrN3O3S/c1-20(18,19)15-10-3-2-6-16(8-10)12(17)11-5-4-9(13)7-14-11/h4-5,7,10,15H,2-3,6,8H2,1H3. The maximum atomic E-state index is 12.3. The molecule has 0 saturated carbocycles. The third-order valence-corrected chi connectivity index (χ3v) is 4.27. The summed E-state index contributed by atoms with van der Waals surface area (Å²) < 4.78 is 25.9. The molecule has 1 unspecified atom stereocenters. The number of carbonyl (C=O) groups excluding carboxylic acids is 1. The highest BCUT2D eigenvalue weighted by Crippen LogP contribution is 2.15. The van der Waals surface area contributed by atoms with Gasteiger partial charge in [-0.05, 0) is 40.9 Å². The Hall–Kier alpha value is -0.990. The summed E-state index contributed by atoms with van der Waals surface area (Å²) in [5.74, 6) is -0.169. The highest BCUT2D eigenvalue weighted by Gasteiger charge is 2.26. The van der Waals surface area contributed by atoms with Gasteiger partial charge in [-0.15, -0.1) is 0 Å². The van der Waals surface area contributed by atoms with Crippen molar-refractivity contribution in [3.63, 3.8) is 0 Å². The van der Waals surface area contributed by atoms with Crippen molar-refractivity contribution in [2.45, 2.75) is 18.9 Å². The number of halogens is 1. The third kappa shape index (κ3) is 4.26. The van der Waals surface area contributed by atoms with E-state index in [-0.39, 0.29) is 11.9 Å². The van der Waals surface area contributed by atoms with Crippen molar-refractivity contribution in [1.82, 2.24) is 14.6 Å². The lowest BCUT2D eigenvalue weighted by Crippen LogP contribution is -2.49. The predicted molar refractivity (Wildman–Crippen MR) is 78.8 cm³/mol. The third-order valence-electron chi connectivity index (χ3n) is 3.04. The zero-order valence-corrected chi connectivity index (χ0v) is 13.4. The number of likely N-dealkylation sites (tertiary alicyclic amines) is 1. The lowest BCUT2D eigenvalue weighted by Gasteiger charge is -2.32. The fourth-order valence-corrected chi connectivity index (χ4v) is 3.26. The summed E-state index contributed by atoms with van der Waals surface area (Å²) in [6.45, 7) is 1.00.